The molecule has 4 atom stereocenters. The number of anilines is 1. The lowest BCUT2D eigenvalue weighted by Gasteiger charge is -2.15. The van der Waals surface area contributed by atoms with Gasteiger partial charge in [-0.2, -0.15) is 5.10 Å². The van der Waals surface area contributed by atoms with E-state index in [2.05, 4.69) is 20.4 Å². The minimum atomic E-state index is -4.33. The summed E-state index contributed by atoms with van der Waals surface area (Å²) in [5, 5.41) is 28.3. The molecule has 1 aliphatic heterocycles. The van der Waals surface area contributed by atoms with Crippen LogP contribution in [-0.2, 0) is 14.0 Å². The third kappa shape index (κ3) is 4.43. The summed E-state index contributed by atoms with van der Waals surface area (Å²) < 4.78 is 23.0. The second-order valence-electron chi connectivity index (χ2n) is 7.39. The van der Waals surface area contributed by atoms with Crippen molar-refractivity contribution in [3.8, 4) is 0 Å². The molecule has 2 fully saturated rings. The second kappa shape index (κ2) is 8.23. The Morgan fingerprint density at radius 3 is 2.72 bits per heavy atom. The van der Waals surface area contributed by atoms with E-state index in [1.807, 2.05) is 0 Å². The summed E-state index contributed by atoms with van der Waals surface area (Å²) in [6.45, 7) is -0.278. The van der Waals surface area contributed by atoms with Gasteiger partial charge in [0, 0.05) is 6.04 Å². The quantitative estimate of drug-likeness (QED) is 0.369. The van der Waals surface area contributed by atoms with Crippen molar-refractivity contribution in [1.82, 2.24) is 19.6 Å². The lowest BCUT2D eigenvalue weighted by Crippen LogP contribution is -2.33. The van der Waals surface area contributed by atoms with Gasteiger partial charge in [-0.1, -0.05) is 12.8 Å². The highest BCUT2D eigenvalue weighted by Gasteiger charge is 2.45. The zero-order chi connectivity index (χ0) is 20.6. The molecule has 2 aromatic heterocycles. The molecule has 0 spiro atoms. The molecule has 3 heterocycles. The number of aliphatic hydroxyl groups is 2. The maximum absolute atomic E-state index is 10.9. The van der Waals surface area contributed by atoms with E-state index in [1.165, 1.54) is 29.9 Å². The predicted octanol–water partition coefficient (Wildman–Crippen LogP) is -0.208. The lowest BCUT2D eigenvalue weighted by atomic mass is 10.1. The molecule has 1 aliphatic carbocycles. The number of fused-ring (bicyclic) bond motifs is 1. The highest BCUT2D eigenvalue weighted by molar-refractivity contribution is 7.51. The van der Waals surface area contributed by atoms with E-state index in [1.54, 1.807) is 0 Å². The Hall–Kier alpha value is -1.66. The van der Waals surface area contributed by atoms with Crippen LogP contribution in [-0.4, -0.2) is 76.9 Å². The predicted molar refractivity (Wildman–Crippen MR) is 99.2 cm³/mol. The van der Waals surface area contributed by atoms with Gasteiger partial charge < -0.3 is 34.8 Å². The van der Waals surface area contributed by atoms with Gasteiger partial charge in [0.2, 0.25) is 0 Å². The van der Waals surface area contributed by atoms with Crippen LogP contribution in [0.4, 0.5) is 5.82 Å². The van der Waals surface area contributed by atoms with Gasteiger partial charge in [-0.05, 0) is 12.8 Å². The number of hydrogen-bond acceptors (Lipinski definition) is 9. The summed E-state index contributed by atoms with van der Waals surface area (Å²) >= 11 is 0. The van der Waals surface area contributed by atoms with Crippen LogP contribution in [0, 0.1) is 0 Å². The van der Waals surface area contributed by atoms with E-state index in [0.29, 0.717) is 23.2 Å². The summed E-state index contributed by atoms with van der Waals surface area (Å²) in [4.78, 5) is 26.3. The van der Waals surface area contributed by atoms with Crippen LogP contribution in [0.15, 0.2) is 12.5 Å². The standard InChI is InChI=1S/C16H24N5O7P/c22-12-11(6-27-8-29(24,25)26)28-14(13(12)23)10-5-17-16-15(18-7-19-21(10)16)20-9-3-1-2-4-9/h5,7,9,11-14,22-23H,1-4,6,8H2,(H,18,19,20)(H2,24,25,26)/t11-,12-,13-,14?/m1/s1. The topological polar surface area (TPSA) is 172 Å². The molecule has 0 amide bonds. The average molecular weight is 429 g/mol. The van der Waals surface area contributed by atoms with Crippen LogP contribution in [0.2, 0.25) is 0 Å². The summed E-state index contributed by atoms with van der Waals surface area (Å²) in [6.07, 6.45) is 2.11. The zero-order valence-electron chi connectivity index (χ0n) is 15.5. The Morgan fingerprint density at radius 1 is 1.24 bits per heavy atom. The molecular formula is C16H24N5O7P. The molecule has 2 aromatic rings. The first-order valence-electron chi connectivity index (χ1n) is 9.42. The fourth-order valence-electron chi connectivity index (χ4n) is 3.81. The largest absolute Gasteiger partial charge is 0.387 e. The third-order valence-electron chi connectivity index (χ3n) is 5.22. The molecule has 1 saturated carbocycles. The summed E-state index contributed by atoms with van der Waals surface area (Å²) in [5.74, 6) is 0.590. The van der Waals surface area contributed by atoms with E-state index in [0.717, 1.165) is 12.8 Å². The lowest BCUT2D eigenvalue weighted by molar-refractivity contribution is -0.0402. The molecule has 2 aliphatic rings. The molecular weight excluding hydrogens is 405 g/mol. The van der Waals surface area contributed by atoms with Gasteiger partial charge in [0.25, 0.3) is 0 Å². The van der Waals surface area contributed by atoms with Crippen molar-refractivity contribution in [2.45, 2.75) is 56.1 Å². The zero-order valence-corrected chi connectivity index (χ0v) is 16.4. The number of rotatable bonds is 7. The number of aliphatic hydroxyl groups excluding tert-OH is 2. The first-order chi connectivity index (χ1) is 13.8. The highest BCUT2D eigenvalue weighted by Crippen LogP contribution is 2.37. The van der Waals surface area contributed by atoms with Gasteiger partial charge in [0.15, 0.2) is 11.5 Å². The molecule has 1 unspecified atom stereocenters. The van der Waals surface area contributed by atoms with Gasteiger partial charge in [0.1, 0.15) is 37.1 Å². The molecule has 0 bridgehead atoms. The number of ether oxygens (including phenoxy) is 2. The Morgan fingerprint density at radius 2 is 2.00 bits per heavy atom. The number of aromatic nitrogens is 4. The van der Waals surface area contributed by atoms with Crippen LogP contribution in [0.5, 0.6) is 0 Å². The molecule has 0 aromatic carbocycles. The normalized spacial score (nSPS) is 28.4. The maximum atomic E-state index is 10.9. The van der Waals surface area contributed by atoms with Gasteiger partial charge in [-0.15, -0.1) is 0 Å². The third-order valence-corrected chi connectivity index (χ3v) is 5.74. The van der Waals surface area contributed by atoms with Gasteiger partial charge in [0.05, 0.1) is 18.5 Å². The Kier molecular flexibility index (Phi) is 5.85. The van der Waals surface area contributed by atoms with E-state index in [-0.39, 0.29) is 6.61 Å². The summed E-state index contributed by atoms with van der Waals surface area (Å²) in [5.41, 5.74) is 0.918. The second-order valence-corrected chi connectivity index (χ2v) is 8.98. The summed E-state index contributed by atoms with van der Waals surface area (Å²) in [6, 6.07) is 0.333. The first kappa shape index (κ1) is 20.6. The molecule has 1 saturated heterocycles. The minimum Gasteiger partial charge on any atom is -0.387 e. The van der Waals surface area contributed by atoms with Crippen molar-refractivity contribution in [3.05, 3.63) is 18.2 Å². The maximum Gasteiger partial charge on any atom is 0.350 e. The number of hydrogen-bond donors (Lipinski definition) is 5. The van der Waals surface area contributed by atoms with Crippen molar-refractivity contribution >= 4 is 19.1 Å². The molecule has 13 heteroatoms. The molecule has 160 valence electrons. The molecule has 4 rings (SSSR count). The molecule has 12 nitrogen and oxygen atoms in total. The first-order valence-corrected chi connectivity index (χ1v) is 11.2. The van der Waals surface area contributed by atoms with Crippen LogP contribution in [0.1, 0.15) is 37.5 Å². The monoisotopic (exact) mass is 429 g/mol. The van der Waals surface area contributed by atoms with Crippen LogP contribution >= 0.6 is 7.60 Å². The Bertz CT molecular complexity index is 899. The van der Waals surface area contributed by atoms with Crippen LogP contribution < -0.4 is 5.32 Å². The van der Waals surface area contributed by atoms with E-state index in [9.17, 15) is 14.8 Å². The SMILES string of the molecule is O=P(O)(O)COC[C@H]1OC(c2cnc3c(NC4CCCC4)ncnn23)[C@H](O)[C@@H]1O. The fraction of sp³-hybridized carbons (Fsp3) is 0.688. The number of nitrogens with one attached hydrogen (secondary N) is 1. The molecule has 29 heavy (non-hydrogen) atoms. The van der Waals surface area contributed by atoms with Crippen molar-refractivity contribution < 1.29 is 34.0 Å². The van der Waals surface area contributed by atoms with Crippen molar-refractivity contribution in [2.75, 3.05) is 18.3 Å². The number of imidazole rings is 1. The fourth-order valence-corrected chi connectivity index (χ4v) is 4.16. The highest BCUT2D eigenvalue weighted by atomic mass is 31.2. The molecule has 5 N–H and O–H groups in total. The van der Waals surface area contributed by atoms with Gasteiger partial charge in [-0.3, -0.25) is 4.57 Å². The van der Waals surface area contributed by atoms with Crippen LogP contribution in [0.25, 0.3) is 5.65 Å². The summed E-state index contributed by atoms with van der Waals surface area (Å²) in [7, 11) is -4.33. The van der Waals surface area contributed by atoms with Crippen molar-refractivity contribution in [2.24, 2.45) is 0 Å². The van der Waals surface area contributed by atoms with E-state index in [4.69, 9.17) is 19.3 Å². The van der Waals surface area contributed by atoms with E-state index < -0.39 is 38.4 Å². The van der Waals surface area contributed by atoms with Crippen molar-refractivity contribution in [3.63, 3.8) is 0 Å². The average Bonchev–Trinajstić information content (AvgIpc) is 3.37. The Balaban J connectivity index is 1.51. The van der Waals surface area contributed by atoms with Crippen LogP contribution in [0.3, 0.4) is 0 Å². The minimum absolute atomic E-state index is 0.278. The molecule has 0 radical (unpaired) electrons. The van der Waals surface area contributed by atoms with Gasteiger partial charge in [-0.25, -0.2) is 14.5 Å². The van der Waals surface area contributed by atoms with Crippen molar-refractivity contribution in [1.29, 1.82) is 0 Å². The van der Waals surface area contributed by atoms with Gasteiger partial charge >= 0.3 is 7.60 Å². The smallest absolute Gasteiger partial charge is 0.350 e. The number of nitrogens with zero attached hydrogens (tertiary/aromatic N) is 4. The Labute approximate surface area is 166 Å². The van der Waals surface area contributed by atoms with E-state index >= 15 is 0 Å².